The molecule has 2 atom stereocenters. The number of thiazole rings is 1. The van der Waals surface area contributed by atoms with Crippen molar-refractivity contribution >= 4 is 11.3 Å². The molecule has 3 nitrogen and oxygen atoms in total. The lowest BCUT2D eigenvalue weighted by Crippen LogP contribution is -2.61. The lowest BCUT2D eigenvalue weighted by molar-refractivity contribution is -0.113. The van der Waals surface area contributed by atoms with Gasteiger partial charge in [0, 0.05) is 36.4 Å². The Bertz CT molecular complexity index is 389. The van der Waals surface area contributed by atoms with Gasteiger partial charge in [-0.05, 0) is 20.3 Å². The Hall–Kier alpha value is -0.450. The lowest BCUT2D eigenvalue weighted by Gasteiger charge is -2.52. The van der Waals surface area contributed by atoms with E-state index in [4.69, 9.17) is 4.74 Å². The van der Waals surface area contributed by atoms with E-state index in [2.05, 4.69) is 43.4 Å². The van der Waals surface area contributed by atoms with Crippen LogP contribution in [0.25, 0.3) is 0 Å². The van der Waals surface area contributed by atoms with E-state index in [1.165, 1.54) is 5.69 Å². The summed E-state index contributed by atoms with van der Waals surface area (Å²) in [5.74, 6) is 0. The first-order chi connectivity index (χ1) is 8.54. The largest absolute Gasteiger partial charge is 0.378 e. The summed E-state index contributed by atoms with van der Waals surface area (Å²) >= 11 is 1.73. The van der Waals surface area contributed by atoms with Gasteiger partial charge in [-0.2, -0.15) is 0 Å². The van der Waals surface area contributed by atoms with Gasteiger partial charge in [0.05, 0.1) is 16.8 Å². The minimum Gasteiger partial charge on any atom is -0.378 e. The van der Waals surface area contributed by atoms with Crippen LogP contribution >= 0.6 is 11.3 Å². The third-order valence-electron chi connectivity index (χ3n) is 3.98. The molecule has 1 N–H and O–H groups in total. The van der Waals surface area contributed by atoms with Crippen LogP contribution in [0.2, 0.25) is 0 Å². The van der Waals surface area contributed by atoms with Gasteiger partial charge in [-0.3, -0.25) is 0 Å². The molecule has 1 aliphatic carbocycles. The molecule has 0 saturated heterocycles. The Morgan fingerprint density at radius 3 is 2.89 bits per heavy atom. The van der Waals surface area contributed by atoms with Gasteiger partial charge in [0.1, 0.15) is 0 Å². The van der Waals surface area contributed by atoms with Crippen molar-refractivity contribution in [3.63, 3.8) is 0 Å². The minimum absolute atomic E-state index is 0.258. The molecule has 0 aliphatic heterocycles. The molecule has 0 bridgehead atoms. The van der Waals surface area contributed by atoms with Crippen LogP contribution < -0.4 is 5.32 Å². The van der Waals surface area contributed by atoms with Crippen molar-refractivity contribution in [1.29, 1.82) is 0 Å². The Morgan fingerprint density at radius 1 is 1.56 bits per heavy atom. The topological polar surface area (TPSA) is 34.1 Å². The second-order valence-electron chi connectivity index (χ2n) is 5.62. The van der Waals surface area contributed by atoms with Crippen molar-refractivity contribution in [2.24, 2.45) is 5.41 Å². The van der Waals surface area contributed by atoms with Gasteiger partial charge >= 0.3 is 0 Å². The molecule has 0 aromatic carbocycles. The van der Waals surface area contributed by atoms with Gasteiger partial charge in [-0.1, -0.05) is 13.8 Å². The van der Waals surface area contributed by atoms with E-state index in [1.807, 2.05) is 0 Å². The van der Waals surface area contributed by atoms with Crippen molar-refractivity contribution in [2.75, 3.05) is 13.2 Å². The van der Waals surface area contributed by atoms with E-state index in [1.54, 1.807) is 11.3 Å². The summed E-state index contributed by atoms with van der Waals surface area (Å²) in [4.78, 5) is 4.49. The average Bonchev–Trinajstić information content (AvgIpc) is 2.73. The van der Waals surface area contributed by atoms with E-state index in [9.17, 15) is 0 Å². The van der Waals surface area contributed by atoms with Crippen LogP contribution in [0.5, 0.6) is 0 Å². The summed E-state index contributed by atoms with van der Waals surface area (Å²) in [6.07, 6.45) is 2.58. The van der Waals surface area contributed by atoms with Gasteiger partial charge in [0.25, 0.3) is 0 Å². The molecule has 1 aromatic heterocycles. The van der Waals surface area contributed by atoms with Crippen molar-refractivity contribution in [2.45, 2.75) is 52.7 Å². The van der Waals surface area contributed by atoms with Gasteiger partial charge < -0.3 is 10.1 Å². The standard InChI is InChI=1S/C14H24N2OS/c1-5-17-13-8-12(14(13,3)4)15-7-6-11-9-18-10(2)16-11/h9,12-13,15H,5-8H2,1-4H3. The first kappa shape index (κ1) is 14.0. The van der Waals surface area contributed by atoms with E-state index in [0.717, 1.165) is 31.0 Å². The molecule has 4 heteroatoms. The molecule has 1 aliphatic rings. The molecular weight excluding hydrogens is 244 g/mol. The molecule has 2 rings (SSSR count). The first-order valence-corrected chi connectivity index (χ1v) is 7.68. The fourth-order valence-electron chi connectivity index (χ4n) is 2.61. The molecule has 1 fully saturated rings. The van der Waals surface area contributed by atoms with Gasteiger partial charge in [-0.15, -0.1) is 11.3 Å². The maximum Gasteiger partial charge on any atom is 0.0897 e. The number of ether oxygens (including phenoxy) is 1. The van der Waals surface area contributed by atoms with E-state index >= 15 is 0 Å². The Balaban J connectivity index is 1.72. The first-order valence-electron chi connectivity index (χ1n) is 6.80. The highest BCUT2D eigenvalue weighted by Crippen LogP contribution is 2.42. The summed E-state index contributed by atoms with van der Waals surface area (Å²) in [5.41, 5.74) is 1.47. The number of rotatable bonds is 6. The fourth-order valence-corrected chi connectivity index (χ4v) is 3.26. The van der Waals surface area contributed by atoms with Crippen molar-refractivity contribution < 1.29 is 4.74 Å². The fraction of sp³-hybridized carbons (Fsp3) is 0.786. The van der Waals surface area contributed by atoms with Crippen LogP contribution in [0, 0.1) is 12.3 Å². The van der Waals surface area contributed by atoms with Gasteiger partial charge in [0.2, 0.25) is 0 Å². The SMILES string of the molecule is CCOC1CC(NCCc2csc(C)n2)C1(C)C. The number of aryl methyl sites for hydroxylation is 1. The maximum atomic E-state index is 5.74. The van der Waals surface area contributed by atoms with Crippen LogP contribution in [-0.2, 0) is 11.2 Å². The Morgan fingerprint density at radius 2 is 2.33 bits per heavy atom. The summed E-state index contributed by atoms with van der Waals surface area (Å²) in [7, 11) is 0. The van der Waals surface area contributed by atoms with Crippen LogP contribution in [0.3, 0.4) is 0 Å². The number of aromatic nitrogens is 1. The predicted molar refractivity (Wildman–Crippen MR) is 76.2 cm³/mol. The summed E-state index contributed by atoms with van der Waals surface area (Å²) in [5, 5.41) is 6.96. The number of hydrogen-bond acceptors (Lipinski definition) is 4. The molecular formula is C14H24N2OS. The maximum absolute atomic E-state index is 5.74. The summed E-state index contributed by atoms with van der Waals surface area (Å²) < 4.78 is 5.74. The monoisotopic (exact) mass is 268 g/mol. The van der Waals surface area contributed by atoms with Crippen LogP contribution in [-0.4, -0.2) is 30.3 Å². The molecule has 2 unspecified atom stereocenters. The van der Waals surface area contributed by atoms with Gasteiger partial charge in [0.15, 0.2) is 0 Å². The second kappa shape index (κ2) is 5.68. The number of nitrogens with zero attached hydrogens (tertiary/aromatic N) is 1. The molecule has 0 radical (unpaired) electrons. The van der Waals surface area contributed by atoms with Crippen LogP contribution in [0.1, 0.15) is 37.9 Å². The number of nitrogens with one attached hydrogen (secondary N) is 1. The van der Waals surface area contributed by atoms with E-state index < -0.39 is 0 Å². The van der Waals surface area contributed by atoms with Crippen molar-refractivity contribution in [1.82, 2.24) is 10.3 Å². The molecule has 0 spiro atoms. The zero-order valence-electron chi connectivity index (χ0n) is 11.8. The van der Waals surface area contributed by atoms with Gasteiger partial charge in [-0.25, -0.2) is 4.98 Å². The molecule has 1 heterocycles. The van der Waals surface area contributed by atoms with Crippen LogP contribution in [0.4, 0.5) is 0 Å². The van der Waals surface area contributed by atoms with Crippen molar-refractivity contribution in [3.05, 3.63) is 16.1 Å². The van der Waals surface area contributed by atoms with Crippen LogP contribution in [0.15, 0.2) is 5.38 Å². The molecule has 1 saturated carbocycles. The molecule has 1 aromatic rings. The third kappa shape index (κ3) is 2.92. The average molecular weight is 268 g/mol. The molecule has 102 valence electrons. The Kier molecular flexibility index (Phi) is 4.41. The van der Waals surface area contributed by atoms with Crippen molar-refractivity contribution in [3.8, 4) is 0 Å². The van der Waals surface area contributed by atoms with E-state index in [-0.39, 0.29) is 5.41 Å². The highest BCUT2D eigenvalue weighted by atomic mass is 32.1. The second-order valence-corrected chi connectivity index (χ2v) is 6.68. The highest BCUT2D eigenvalue weighted by Gasteiger charge is 2.48. The highest BCUT2D eigenvalue weighted by molar-refractivity contribution is 7.09. The zero-order valence-corrected chi connectivity index (χ0v) is 12.6. The summed E-state index contributed by atoms with van der Waals surface area (Å²) in [6.45, 7) is 10.5. The predicted octanol–water partition coefficient (Wildman–Crippen LogP) is 2.79. The summed E-state index contributed by atoms with van der Waals surface area (Å²) in [6, 6.07) is 0.578. The smallest absolute Gasteiger partial charge is 0.0897 e. The Labute approximate surface area is 114 Å². The van der Waals surface area contributed by atoms with E-state index in [0.29, 0.717) is 12.1 Å². The lowest BCUT2D eigenvalue weighted by atomic mass is 9.64. The third-order valence-corrected chi connectivity index (χ3v) is 4.81. The quantitative estimate of drug-likeness (QED) is 0.861. The minimum atomic E-state index is 0.258. The molecule has 0 amide bonds. The normalized spacial score (nSPS) is 26.0. The molecule has 18 heavy (non-hydrogen) atoms. The number of hydrogen-bond donors (Lipinski definition) is 1. The zero-order chi connectivity index (χ0) is 13.2.